The lowest BCUT2D eigenvalue weighted by Crippen LogP contribution is -2.19. The fraction of sp³-hybridized carbons (Fsp3) is 0.200. The van der Waals surface area contributed by atoms with Gasteiger partial charge in [-0.25, -0.2) is 4.39 Å². The minimum atomic E-state index is -0.702. The van der Waals surface area contributed by atoms with Crippen molar-refractivity contribution in [2.45, 2.75) is 18.6 Å². The molecule has 0 fully saturated rings. The monoisotopic (exact) mass is 278 g/mol. The van der Waals surface area contributed by atoms with Crippen LogP contribution in [-0.4, -0.2) is 5.11 Å². The third-order valence-corrected chi connectivity index (χ3v) is 3.52. The van der Waals surface area contributed by atoms with E-state index in [0.29, 0.717) is 28.3 Å². The minimum Gasteiger partial charge on any atom is -0.485 e. The topological polar surface area (TPSA) is 29.5 Å². The van der Waals surface area contributed by atoms with E-state index in [1.807, 2.05) is 0 Å². The van der Waals surface area contributed by atoms with E-state index < -0.39 is 12.2 Å². The molecular weight excluding hydrogens is 267 g/mol. The molecular formula is C15H12ClFO2. The number of halogens is 2. The van der Waals surface area contributed by atoms with Crippen LogP contribution in [0.15, 0.2) is 42.5 Å². The molecule has 4 heteroatoms. The van der Waals surface area contributed by atoms with Crippen molar-refractivity contribution >= 4 is 11.6 Å². The Bertz CT molecular complexity index is 615. The quantitative estimate of drug-likeness (QED) is 0.853. The smallest absolute Gasteiger partial charge is 0.130 e. The van der Waals surface area contributed by atoms with E-state index in [2.05, 4.69) is 0 Å². The van der Waals surface area contributed by atoms with Crippen molar-refractivity contribution < 1.29 is 14.2 Å². The number of ether oxygens (including phenoxy) is 1. The van der Waals surface area contributed by atoms with Gasteiger partial charge in [0, 0.05) is 22.6 Å². The molecule has 0 aromatic heterocycles. The van der Waals surface area contributed by atoms with Gasteiger partial charge in [0.25, 0.3) is 0 Å². The number of hydrogen-bond donors (Lipinski definition) is 1. The highest BCUT2D eigenvalue weighted by atomic mass is 35.5. The van der Waals surface area contributed by atoms with Gasteiger partial charge in [-0.15, -0.1) is 0 Å². The Hall–Kier alpha value is -1.58. The van der Waals surface area contributed by atoms with Gasteiger partial charge in [-0.2, -0.15) is 0 Å². The van der Waals surface area contributed by atoms with Gasteiger partial charge in [-0.3, -0.25) is 0 Å². The second-order valence-corrected chi connectivity index (χ2v) is 5.00. The molecule has 0 amide bonds. The summed E-state index contributed by atoms with van der Waals surface area (Å²) in [6, 6.07) is 11.5. The number of fused-ring (bicyclic) bond motifs is 1. The van der Waals surface area contributed by atoms with E-state index in [-0.39, 0.29) is 5.82 Å². The van der Waals surface area contributed by atoms with Crippen LogP contribution in [-0.2, 0) is 0 Å². The Balaban J connectivity index is 1.97. The summed E-state index contributed by atoms with van der Waals surface area (Å²) in [5.41, 5.74) is 1.11. The van der Waals surface area contributed by atoms with E-state index in [1.54, 1.807) is 36.4 Å². The van der Waals surface area contributed by atoms with Crippen molar-refractivity contribution in [2.75, 3.05) is 0 Å². The fourth-order valence-electron chi connectivity index (χ4n) is 2.34. The lowest BCUT2D eigenvalue weighted by atomic mass is 9.95. The summed E-state index contributed by atoms with van der Waals surface area (Å²) in [6.45, 7) is 0. The predicted octanol–water partition coefficient (Wildman–Crippen LogP) is 4.04. The molecule has 1 N–H and O–H groups in total. The Morgan fingerprint density at radius 2 is 1.95 bits per heavy atom. The third kappa shape index (κ3) is 2.31. The summed E-state index contributed by atoms with van der Waals surface area (Å²) >= 11 is 5.89. The van der Waals surface area contributed by atoms with Crippen LogP contribution in [0.5, 0.6) is 5.75 Å². The number of hydrogen-bond acceptors (Lipinski definition) is 2. The van der Waals surface area contributed by atoms with Crippen LogP contribution in [0.1, 0.15) is 29.8 Å². The predicted molar refractivity (Wildman–Crippen MR) is 70.8 cm³/mol. The second-order valence-electron chi connectivity index (χ2n) is 4.56. The molecule has 0 spiro atoms. The van der Waals surface area contributed by atoms with Gasteiger partial charge in [-0.05, 0) is 24.3 Å². The highest BCUT2D eigenvalue weighted by Crippen LogP contribution is 2.42. The molecule has 0 saturated heterocycles. The Kier molecular flexibility index (Phi) is 3.17. The highest BCUT2D eigenvalue weighted by Gasteiger charge is 2.29. The molecule has 2 nitrogen and oxygen atoms in total. The first kappa shape index (κ1) is 12.5. The minimum absolute atomic E-state index is 0.314. The van der Waals surface area contributed by atoms with Crippen LogP contribution in [0.25, 0.3) is 0 Å². The van der Waals surface area contributed by atoms with Crippen LogP contribution < -0.4 is 4.74 Å². The van der Waals surface area contributed by atoms with Gasteiger partial charge in [-0.1, -0.05) is 29.8 Å². The standard InChI is InChI=1S/C15H12ClFO2/c16-9-5-6-14-11(7-9)13(18)8-15(19-14)10-3-1-2-4-12(10)17/h1-7,13,15,18H,8H2/t13-,15?/m1/s1. The van der Waals surface area contributed by atoms with Crippen molar-refractivity contribution in [3.8, 4) is 5.75 Å². The summed E-state index contributed by atoms with van der Waals surface area (Å²) in [4.78, 5) is 0. The zero-order valence-electron chi connectivity index (χ0n) is 10.0. The lowest BCUT2D eigenvalue weighted by Gasteiger charge is -2.30. The number of benzene rings is 2. The van der Waals surface area contributed by atoms with E-state index in [1.165, 1.54) is 6.07 Å². The van der Waals surface area contributed by atoms with E-state index >= 15 is 0 Å². The molecule has 2 aromatic rings. The second kappa shape index (κ2) is 4.83. The Morgan fingerprint density at radius 3 is 2.74 bits per heavy atom. The van der Waals surface area contributed by atoms with E-state index in [9.17, 15) is 9.50 Å². The average molecular weight is 279 g/mol. The van der Waals surface area contributed by atoms with Crippen LogP contribution in [0.4, 0.5) is 4.39 Å². The molecule has 0 saturated carbocycles. The molecule has 1 aliphatic heterocycles. The maximum atomic E-state index is 13.8. The van der Waals surface area contributed by atoms with Crippen molar-refractivity contribution in [1.29, 1.82) is 0 Å². The molecule has 0 aliphatic carbocycles. The maximum Gasteiger partial charge on any atom is 0.130 e. The first-order valence-electron chi connectivity index (χ1n) is 6.04. The van der Waals surface area contributed by atoms with Gasteiger partial charge < -0.3 is 9.84 Å². The molecule has 2 atom stereocenters. The SMILES string of the molecule is O[C@@H]1CC(c2ccccc2F)Oc2ccc(Cl)cc21. The first-order valence-corrected chi connectivity index (χ1v) is 6.41. The van der Waals surface area contributed by atoms with Gasteiger partial charge >= 0.3 is 0 Å². The van der Waals surface area contributed by atoms with Gasteiger partial charge in [0.05, 0.1) is 6.10 Å². The fourth-order valence-corrected chi connectivity index (χ4v) is 2.53. The number of aliphatic hydroxyl groups is 1. The molecule has 19 heavy (non-hydrogen) atoms. The molecule has 1 heterocycles. The Morgan fingerprint density at radius 1 is 1.16 bits per heavy atom. The average Bonchev–Trinajstić information content (AvgIpc) is 2.40. The molecule has 3 rings (SSSR count). The molecule has 0 bridgehead atoms. The van der Waals surface area contributed by atoms with Crippen molar-refractivity contribution in [3.63, 3.8) is 0 Å². The Labute approximate surface area is 115 Å². The number of aliphatic hydroxyl groups excluding tert-OH is 1. The van der Waals surface area contributed by atoms with E-state index in [4.69, 9.17) is 16.3 Å². The van der Waals surface area contributed by atoms with Crippen molar-refractivity contribution in [2.24, 2.45) is 0 Å². The van der Waals surface area contributed by atoms with Gasteiger partial charge in [0.15, 0.2) is 0 Å². The first-order chi connectivity index (χ1) is 9.15. The summed E-state index contributed by atoms with van der Waals surface area (Å²) < 4.78 is 19.5. The molecule has 2 aromatic carbocycles. The normalized spacial score (nSPS) is 21.6. The van der Waals surface area contributed by atoms with Crippen molar-refractivity contribution in [1.82, 2.24) is 0 Å². The number of rotatable bonds is 1. The largest absolute Gasteiger partial charge is 0.485 e. The van der Waals surface area contributed by atoms with Crippen LogP contribution in [0.2, 0.25) is 5.02 Å². The van der Waals surface area contributed by atoms with Gasteiger partial charge in [0.1, 0.15) is 17.7 Å². The van der Waals surface area contributed by atoms with E-state index in [0.717, 1.165) is 0 Å². The van der Waals surface area contributed by atoms with Crippen molar-refractivity contribution in [3.05, 3.63) is 64.4 Å². The molecule has 1 unspecified atom stereocenters. The zero-order chi connectivity index (χ0) is 13.4. The zero-order valence-corrected chi connectivity index (χ0v) is 10.8. The molecule has 1 aliphatic rings. The lowest BCUT2D eigenvalue weighted by molar-refractivity contribution is 0.0640. The van der Waals surface area contributed by atoms with Gasteiger partial charge in [0.2, 0.25) is 0 Å². The van der Waals surface area contributed by atoms with Crippen LogP contribution in [0.3, 0.4) is 0 Å². The maximum absolute atomic E-state index is 13.8. The summed E-state index contributed by atoms with van der Waals surface area (Å²) in [5, 5.41) is 10.7. The van der Waals surface area contributed by atoms with Crippen LogP contribution in [0, 0.1) is 5.82 Å². The molecule has 98 valence electrons. The summed E-state index contributed by atoms with van der Waals surface area (Å²) in [7, 11) is 0. The summed E-state index contributed by atoms with van der Waals surface area (Å²) in [5.74, 6) is 0.230. The highest BCUT2D eigenvalue weighted by molar-refractivity contribution is 6.30. The third-order valence-electron chi connectivity index (χ3n) is 3.29. The van der Waals surface area contributed by atoms with Crippen LogP contribution >= 0.6 is 11.6 Å². The summed E-state index contributed by atoms with van der Waals surface area (Å²) in [6.07, 6.45) is -0.870. The molecule has 0 radical (unpaired) electrons.